The maximum atomic E-state index is 11.3. The Kier molecular flexibility index (Phi) is 4.65. The van der Waals surface area contributed by atoms with Crippen LogP contribution in [-0.2, 0) is 15.2 Å². The van der Waals surface area contributed by atoms with Gasteiger partial charge in [-0.25, -0.2) is 0 Å². The highest BCUT2D eigenvalue weighted by atomic mass is 32.1. The van der Waals surface area contributed by atoms with Crippen molar-refractivity contribution in [1.82, 2.24) is 10.6 Å². The second-order valence-corrected chi connectivity index (χ2v) is 4.74. The summed E-state index contributed by atoms with van der Waals surface area (Å²) in [6.07, 6.45) is 0. The molecule has 1 aromatic rings. The largest absolute Gasteiger partial charge is 0.383 e. The third kappa shape index (κ3) is 3.83. The van der Waals surface area contributed by atoms with Gasteiger partial charge in [-0.15, -0.1) is 11.3 Å². The average molecular weight is 256 g/mol. The fourth-order valence-corrected chi connectivity index (χ4v) is 2.03. The standard InChI is InChI=1S/C11H16N2O3S/c1-3-12-9(14)10(15)13-7-11(2,16)8-5-4-6-17-8/h4-6,16H,3,7H2,1-2H3,(H,12,14)(H,13,15). The SMILES string of the molecule is CCNC(=O)C(=O)NCC(C)(O)c1cccs1. The van der Waals surface area contributed by atoms with Crippen molar-refractivity contribution >= 4 is 23.2 Å². The minimum absolute atomic E-state index is 0.00345. The van der Waals surface area contributed by atoms with Crippen LogP contribution in [0.5, 0.6) is 0 Å². The first-order valence-corrected chi connectivity index (χ1v) is 6.17. The zero-order valence-corrected chi connectivity index (χ0v) is 10.6. The van der Waals surface area contributed by atoms with E-state index in [0.29, 0.717) is 6.54 Å². The van der Waals surface area contributed by atoms with E-state index in [4.69, 9.17) is 0 Å². The maximum Gasteiger partial charge on any atom is 0.309 e. The van der Waals surface area contributed by atoms with Crippen molar-refractivity contribution in [2.75, 3.05) is 13.1 Å². The van der Waals surface area contributed by atoms with Crippen LogP contribution >= 0.6 is 11.3 Å². The lowest BCUT2D eigenvalue weighted by atomic mass is 10.1. The predicted molar refractivity (Wildman–Crippen MR) is 65.6 cm³/mol. The molecular weight excluding hydrogens is 240 g/mol. The molecule has 0 aromatic carbocycles. The summed E-state index contributed by atoms with van der Waals surface area (Å²) in [5.74, 6) is -1.42. The number of hydrogen-bond acceptors (Lipinski definition) is 4. The number of aliphatic hydroxyl groups is 1. The van der Waals surface area contributed by atoms with Crippen LogP contribution in [0.25, 0.3) is 0 Å². The van der Waals surface area contributed by atoms with E-state index in [9.17, 15) is 14.7 Å². The highest BCUT2D eigenvalue weighted by Crippen LogP contribution is 2.24. The molecule has 1 rings (SSSR count). The quantitative estimate of drug-likeness (QED) is 0.674. The van der Waals surface area contributed by atoms with E-state index in [0.717, 1.165) is 4.88 Å². The summed E-state index contributed by atoms with van der Waals surface area (Å²) >= 11 is 1.40. The molecule has 1 heterocycles. The van der Waals surface area contributed by atoms with Crippen molar-refractivity contribution in [3.8, 4) is 0 Å². The van der Waals surface area contributed by atoms with E-state index in [-0.39, 0.29) is 6.54 Å². The van der Waals surface area contributed by atoms with E-state index in [1.165, 1.54) is 11.3 Å². The number of thiophene rings is 1. The maximum absolute atomic E-state index is 11.3. The summed E-state index contributed by atoms with van der Waals surface area (Å²) in [5.41, 5.74) is -1.16. The molecule has 0 saturated heterocycles. The molecule has 94 valence electrons. The molecule has 1 aromatic heterocycles. The van der Waals surface area contributed by atoms with Crippen molar-refractivity contribution < 1.29 is 14.7 Å². The lowest BCUT2D eigenvalue weighted by molar-refractivity contribution is -0.139. The molecule has 0 aliphatic rings. The molecule has 0 radical (unpaired) electrons. The van der Waals surface area contributed by atoms with Crippen LogP contribution in [0.15, 0.2) is 17.5 Å². The lowest BCUT2D eigenvalue weighted by Crippen LogP contribution is -2.45. The summed E-state index contributed by atoms with van der Waals surface area (Å²) in [4.78, 5) is 23.2. The number of amides is 2. The van der Waals surface area contributed by atoms with Crippen LogP contribution < -0.4 is 10.6 Å². The number of carbonyl (C=O) groups is 2. The van der Waals surface area contributed by atoms with Crippen LogP contribution in [0.2, 0.25) is 0 Å². The molecule has 5 nitrogen and oxygen atoms in total. The number of likely N-dealkylation sites (N-methyl/N-ethyl adjacent to an activating group) is 1. The van der Waals surface area contributed by atoms with E-state index in [2.05, 4.69) is 10.6 Å². The van der Waals surface area contributed by atoms with Crippen LogP contribution in [0.1, 0.15) is 18.7 Å². The average Bonchev–Trinajstić information content (AvgIpc) is 2.80. The fraction of sp³-hybridized carbons (Fsp3) is 0.455. The van der Waals surface area contributed by atoms with Crippen molar-refractivity contribution in [2.45, 2.75) is 19.4 Å². The molecule has 0 aliphatic carbocycles. The van der Waals surface area contributed by atoms with Gasteiger partial charge in [-0.2, -0.15) is 0 Å². The first-order chi connectivity index (χ1) is 7.97. The van der Waals surface area contributed by atoms with Crippen LogP contribution in [-0.4, -0.2) is 30.0 Å². The normalized spacial score (nSPS) is 13.8. The molecule has 1 atom stereocenters. The monoisotopic (exact) mass is 256 g/mol. The molecule has 1 unspecified atom stereocenters. The zero-order chi connectivity index (χ0) is 12.9. The summed E-state index contributed by atoms with van der Waals surface area (Å²) in [6.45, 7) is 3.72. The molecular formula is C11H16N2O3S. The van der Waals surface area contributed by atoms with Crippen molar-refractivity contribution in [3.05, 3.63) is 22.4 Å². The first kappa shape index (κ1) is 13.7. The molecule has 6 heteroatoms. The Morgan fingerprint density at radius 1 is 1.41 bits per heavy atom. The highest BCUT2D eigenvalue weighted by Gasteiger charge is 2.26. The van der Waals surface area contributed by atoms with E-state index in [1.54, 1.807) is 19.9 Å². The summed E-state index contributed by atoms with van der Waals surface area (Å²) < 4.78 is 0. The Morgan fingerprint density at radius 2 is 2.06 bits per heavy atom. The van der Waals surface area contributed by atoms with Gasteiger partial charge in [0.05, 0.1) is 6.54 Å². The second kappa shape index (κ2) is 5.79. The molecule has 2 amide bonds. The molecule has 0 fully saturated rings. The Morgan fingerprint density at radius 3 is 2.59 bits per heavy atom. The Labute approximate surface area is 104 Å². The Bertz CT molecular complexity index is 387. The minimum Gasteiger partial charge on any atom is -0.383 e. The van der Waals surface area contributed by atoms with E-state index in [1.807, 2.05) is 11.4 Å². The molecule has 17 heavy (non-hydrogen) atoms. The fourth-order valence-electron chi connectivity index (χ4n) is 1.25. The van der Waals surface area contributed by atoms with Gasteiger partial charge < -0.3 is 15.7 Å². The van der Waals surface area contributed by atoms with Gasteiger partial charge in [0, 0.05) is 11.4 Å². The highest BCUT2D eigenvalue weighted by molar-refractivity contribution is 7.10. The minimum atomic E-state index is -1.16. The van der Waals surface area contributed by atoms with Gasteiger partial charge in [-0.05, 0) is 25.3 Å². The van der Waals surface area contributed by atoms with Gasteiger partial charge >= 0.3 is 11.8 Å². The number of carbonyl (C=O) groups excluding carboxylic acids is 2. The first-order valence-electron chi connectivity index (χ1n) is 5.29. The Balaban J connectivity index is 2.50. The third-order valence-corrected chi connectivity index (χ3v) is 3.31. The van der Waals surface area contributed by atoms with Crippen LogP contribution in [0.3, 0.4) is 0 Å². The predicted octanol–water partition coefficient (Wildman–Crippen LogP) is 0.208. The van der Waals surface area contributed by atoms with Gasteiger partial charge in [0.25, 0.3) is 0 Å². The zero-order valence-electron chi connectivity index (χ0n) is 9.82. The topological polar surface area (TPSA) is 78.4 Å². The number of rotatable bonds is 4. The molecule has 0 bridgehead atoms. The number of hydrogen-bond donors (Lipinski definition) is 3. The van der Waals surface area contributed by atoms with Crippen molar-refractivity contribution in [1.29, 1.82) is 0 Å². The Hall–Kier alpha value is -1.40. The van der Waals surface area contributed by atoms with Crippen LogP contribution in [0.4, 0.5) is 0 Å². The van der Waals surface area contributed by atoms with E-state index < -0.39 is 17.4 Å². The van der Waals surface area contributed by atoms with Gasteiger partial charge in [0.15, 0.2) is 0 Å². The van der Waals surface area contributed by atoms with Gasteiger partial charge in [-0.1, -0.05) is 6.07 Å². The number of nitrogens with one attached hydrogen (secondary N) is 2. The second-order valence-electron chi connectivity index (χ2n) is 3.79. The van der Waals surface area contributed by atoms with Crippen molar-refractivity contribution in [2.24, 2.45) is 0 Å². The van der Waals surface area contributed by atoms with Crippen molar-refractivity contribution in [3.63, 3.8) is 0 Å². The molecule has 0 aliphatic heterocycles. The van der Waals surface area contributed by atoms with Gasteiger partial charge in [0.1, 0.15) is 5.60 Å². The van der Waals surface area contributed by atoms with E-state index >= 15 is 0 Å². The lowest BCUT2D eigenvalue weighted by Gasteiger charge is -2.21. The summed E-state index contributed by atoms with van der Waals surface area (Å²) in [5, 5.41) is 16.7. The molecule has 3 N–H and O–H groups in total. The van der Waals surface area contributed by atoms with Gasteiger partial charge in [0.2, 0.25) is 0 Å². The smallest absolute Gasteiger partial charge is 0.309 e. The third-order valence-electron chi connectivity index (χ3n) is 2.19. The van der Waals surface area contributed by atoms with Crippen LogP contribution in [0, 0.1) is 0 Å². The summed E-state index contributed by atoms with van der Waals surface area (Å²) in [6, 6.07) is 3.60. The van der Waals surface area contributed by atoms with Gasteiger partial charge in [-0.3, -0.25) is 9.59 Å². The molecule has 0 spiro atoms. The summed E-state index contributed by atoms with van der Waals surface area (Å²) in [7, 11) is 0. The molecule has 0 saturated carbocycles.